The highest BCUT2D eigenvalue weighted by molar-refractivity contribution is 5.91. The number of hydrogen-bond acceptors (Lipinski definition) is 3. The molecule has 1 saturated heterocycles. The van der Waals surface area contributed by atoms with Crippen LogP contribution in [0.1, 0.15) is 65.2 Å². The fourth-order valence-corrected chi connectivity index (χ4v) is 7.22. The zero-order valence-electron chi connectivity index (χ0n) is 15.3. The predicted octanol–water partition coefficient (Wildman–Crippen LogP) is 4.37. The molecule has 3 nitrogen and oxygen atoms in total. The van der Waals surface area contributed by atoms with Crippen LogP contribution in [-0.4, -0.2) is 17.4 Å². The van der Waals surface area contributed by atoms with Gasteiger partial charge in [0, 0.05) is 23.7 Å². The molecule has 0 N–H and O–H groups in total. The molecule has 0 unspecified atom stereocenters. The Morgan fingerprint density at radius 2 is 1.96 bits per heavy atom. The van der Waals surface area contributed by atoms with Gasteiger partial charge in [0.15, 0.2) is 5.78 Å². The van der Waals surface area contributed by atoms with Gasteiger partial charge in [-0.2, -0.15) is 0 Å². The van der Waals surface area contributed by atoms with E-state index in [4.69, 9.17) is 4.74 Å². The van der Waals surface area contributed by atoms with Crippen molar-refractivity contribution in [3.63, 3.8) is 0 Å². The van der Waals surface area contributed by atoms with Gasteiger partial charge in [-0.1, -0.05) is 31.6 Å². The van der Waals surface area contributed by atoms with Crippen molar-refractivity contribution in [3.05, 3.63) is 23.8 Å². The van der Waals surface area contributed by atoms with Crippen LogP contribution < -0.4 is 0 Å². The Hall–Kier alpha value is -1.38. The van der Waals surface area contributed by atoms with Crippen LogP contribution in [0.15, 0.2) is 23.8 Å². The number of ketones is 1. The summed E-state index contributed by atoms with van der Waals surface area (Å²) in [5.41, 5.74) is 1.51. The van der Waals surface area contributed by atoms with Gasteiger partial charge in [0.2, 0.25) is 0 Å². The average molecular weight is 340 g/mol. The van der Waals surface area contributed by atoms with Crippen molar-refractivity contribution in [2.75, 3.05) is 0 Å². The van der Waals surface area contributed by atoms with Crippen molar-refractivity contribution in [1.29, 1.82) is 0 Å². The van der Waals surface area contributed by atoms with E-state index in [1.807, 2.05) is 6.08 Å². The maximum absolute atomic E-state index is 11.9. The number of carbonyl (C=O) groups excluding carboxylic acids is 2. The van der Waals surface area contributed by atoms with Gasteiger partial charge in [-0.3, -0.25) is 9.59 Å². The number of esters is 1. The van der Waals surface area contributed by atoms with Crippen LogP contribution in [0.25, 0.3) is 0 Å². The molecule has 2 saturated carbocycles. The molecule has 25 heavy (non-hydrogen) atoms. The van der Waals surface area contributed by atoms with Crippen LogP contribution in [0.2, 0.25) is 0 Å². The van der Waals surface area contributed by atoms with Gasteiger partial charge in [0.1, 0.15) is 5.60 Å². The molecule has 0 aromatic heterocycles. The van der Waals surface area contributed by atoms with Crippen LogP contribution in [0.4, 0.5) is 0 Å². The lowest BCUT2D eigenvalue weighted by Gasteiger charge is -2.55. The summed E-state index contributed by atoms with van der Waals surface area (Å²) in [6, 6.07) is 0. The maximum atomic E-state index is 11.9. The fraction of sp³-hybridized carbons (Fsp3) is 0.727. The highest BCUT2D eigenvalue weighted by Crippen LogP contribution is 2.67. The lowest BCUT2D eigenvalue weighted by molar-refractivity contribution is -0.160. The van der Waals surface area contributed by atoms with E-state index in [9.17, 15) is 9.59 Å². The molecular weight excluding hydrogens is 312 g/mol. The Morgan fingerprint density at radius 1 is 1.12 bits per heavy atom. The van der Waals surface area contributed by atoms with Crippen LogP contribution in [0.3, 0.4) is 0 Å². The van der Waals surface area contributed by atoms with Crippen molar-refractivity contribution in [3.8, 4) is 0 Å². The first kappa shape index (κ1) is 15.8. The van der Waals surface area contributed by atoms with Crippen LogP contribution in [-0.2, 0) is 14.3 Å². The number of fused-ring (bicyclic) bond motifs is 6. The molecule has 3 heteroatoms. The first-order valence-electron chi connectivity index (χ1n) is 10.0. The lowest BCUT2D eigenvalue weighted by Crippen LogP contribution is -2.51. The van der Waals surface area contributed by atoms with Crippen molar-refractivity contribution >= 4 is 11.8 Å². The molecule has 1 heterocycles. The molecule has 5 aliphatic rings. The standard InChI is InChI=1S/C22H28O3/c1-20-9-5-15(23)13-14(20)3-4-16-17(20)6-10-21(2)18(16)7-11-22(21)12-8-19(24)25-22/h5-6,9,14,16,18H,3-4,7-8,10-13H2,1-2H3/t14-,16+,18-,20-,21-,22+/m0/s1. The monoisotopic (exact) mass is 340 g/mol. The minimum atomic E-state index is -0.215. The highest BCUT2D eigenvalue weighted by Gasteiger charge is 2.65. The van der Waals surface area contributed by atoms with E-state index in [-0.39, 0.29) is 22.4 Å². The number of allylic oxidation sites excluding steroid dienone is 4. The van der Waals surface area contributed by atoms with Gasteiger partial charge in [0.25, 0.3) is 0 Å². The number of ether oxygens (including phenoxy) is 1. The fourth-order valence-electron chi connectivity index (χ4n) is 7.22. The van der Waals surface area contributed by atoms with E-state index < -0.39 is 0 Å². The summed E-state index contributed by atoms with van der Waals surface area (Å²) >= 11 is 0. The van der Waals surface area contributed by atoms with Gasteiger partial charge in [-0.15, -0.1) is 0 Å². The average Bonchev–Trinajstić information content (AvgIpc) is 3.10. The smallest absolute Gasteiger partial charge is 0.306 e. The Labute approximate surface area is 149 Å². The second-order valence-electron chi connectivity index (χ2n) is 9.56. The molecule has 0 aromatic carbocycles. The molecule has 0 radical (unpaired) electrons. The second kappa shape index (κ2) is 4.86. The molecule has 0 amide bonds. The Balaban J connectivity index is 1.55. The topological polar surface area (TPSA) is 43.4 Å². The predicted molar refractivity (Wildman–Crippen MR) is 94.7 cm³/mol. The van der Waals surface area contributed by atoms with E-state index in [0.717, 1.165) is 25.7 Å². The molecular formula is C22H28O3. The van der Waals surface area contributed by atoms with E-state index >= 15 is 0 Å². The van der Waals surface area contributed by atoms with Crippen LogP contribution in [0.5, 0.6) is 0 Å². The second-order valence-corrected chi connectivity index (χ2v) is 9.56. The third-order valence-electron chi connectivity index (χ3n) is 8.75. The first-order valence-corrected chi connectivity index (χ1v) is 10.0. The molecule has 1 aliphatic heterocycles. The molecule has 0 bridgehead atoms. The molecule has 134 valence electrons. The summed E-state index contributed by atoms with van der Waals surface area (Å²) in [5, 5.41) is 0. The van der Waals surface area contributed by atoms with E-state index in [1.165, 1.54) is 12.8 Å². The Morgan fingerprint density at radius 3 is 2.72 bits per heavy atom. The number of carbonyl (C=O) groups is 2. The Kier molecular flexibility index (Phi) is 3.08. The van der Waals surface area contributed by atoms with Gasteiger partial charge < -0.3 is 4.74 Å². The summed E-state index contributed by atoms with van der Waals surface area (Å²) < 4.78 is 5.98. The van der Waals surface area contributed by atoms with E-state index in [1.54, 1.807) is 5.57 Å². The summed E-state index contributed by atoms with van der Waals surface area (Å²) in [6.07, 6.45) is 14.3. The van der Waals surface area contributed by atoms with Crippen LogP contribution >= 0.6 is 0 Å². The van der Waals surface area contributed by atoms with E-state index in [2.05, 4.69) is 26.0 Å². The summed E-state index contributed by atoms with van der Waals surface area (Å²) in [4.78, 5) is 23.8. The molecule has 3 fully saturated rings. The normalized spacial score (nSPS) is 51.0. The van der Waals surface area contributed by atoms with Crippen LogP contribution in [0, 0.1) is 28.6 Å². The minimum absolute atomic E-state index is 0.000970. The largest absolute Gasteiger partial charge is 0.458 e. The first-order chi connectivity index (χ1) is 11.9. The molecule has 6 atom stereocenters. The summed E-state index contributed by atoms with van der Waals surface area (Å²) in [6.45, 7) is 4.73. The third kappa shape index (κ3) is 1.88. The molecule has 1 spiro atoms. The van der Waals surface area contributed by atoms with Crippen molar-refractivity contribution in [2.45, 2.75) is 70.8 Å². The summed E-state index contributed by atoms with van der Waals surface area (Å²) in [7, 11) is 0. The SMILES string of the molecule is C[C@]12CC=C3[C@@H](CC[C@H]4CC(=O)C=C[C@]34C)[C@@H]1CC[C@@]21CCC(=O)O1. The van der Waals surface area contributed by atoms with Crippen molar-refractivity contribution in [2.24, 2.45) is 28.6 Å². The van der Waals surface area contributed by atoms with Gasteiger partial charge in [0.05, 0.1) is 0 Å². The van der Waals surface area contributed by atoms with Gasteiger partial charge >= 0.3 is 5.97 Å². The minimum Gasteiger partial charge on any atom is -0.458 e. The van der Waals surface area contributed by atoms with E-state index in [0.29, 0.717) is 36.4 Å². The number of hydrogen-bond donors (Lipinski definition) is 0. The zero-order chi connectivity index (χ0) is 17.4. The zero-order valence-corrected chi connectivity index (χ0v) is 15.3. The number of rotatable bonds is 0. The lowest BCUT2D eigenvalue weighted by atomic mass is 9.49. The quantitative estimate of drug-likeness (QED) is 0.486. The molecule has 0 aromatic rings. The molecule has 4 aliphatic carbocycles. The van der Waals surface area contributed by atoms with Crippen molar-refractivity contribution in [1.82, 2.24) is 0 Å². The highest BCUT2D eigenvalue weighted by atomic mass is 16.6. The maximum Gasteiger partial charge on any atom is 0.306 e. The van der Waals surface area contributed by atoms with Gasteiger partial charge in [-0.25, -0.2) is 0 Å². The summed E-state index contributed by atoms with van der Waals surface area (Å²) in [5.74, 6) is 1.97. The van der Waals surface area contributed by atoms with Gasteiger partial charge in [-0.05, 0) is 62.4 Å². The van der Waals surface area contributed by atoms with Crippen molar-refractivity contribution < 1.29 is 14.3 Å². The molecule has 5 rings (SSSR count). The Bertz CT molecular complexity index is 719. The third-order valence-corrected chi connectivity index (χ3v) is 8.75.